The van der Waals surface area contributed by atoms with Crippen molar-refractivity contribution in [3.8, 4) is 5.75 Å². The van der Waals surface area contributed by atoms with Crippen molar-refractivity contribution in [3.05, 3.63) is 64.3 Å². The zero-order valence-corrected chi connectivity index (χ0v) is 16.8. The van der Waals surface area contributed by atoms with Gasteiger partial charge in [0.2, 0.25) is 0 Å². The number of hydrogen-bond donors (Lipinski definition) is 2. The molecule has 0 spiro atoms. The van der Waals surface area contributed by atoms with Gasteiger partial charge in [0, 0.05) is 23.2 Å². The summed E-state index contributed by atoms with van der Waals surface area (Å²) in [5.41, 5.74) is 2.74. The van der Waals surface area contributed by atoms with Crippen molar-refractivity contribution >= 4 is 40.0 Å². The number of hydrogen-bond acceptors (Lipinski definition) is 4. The van der Waals surface area contributed by atoms with E-state index < -0.39 is 0 Å². The van der Waals surface area contributed by atoms with Crippen molar-refractivity contribution < 1.29 is 14.3 Å². The van der Waals surface area contributed by atoms with Crippen molar-refractivity contribution in [2.45, 2.75) is 25.8 Å². The van der Waals surface area contributed by atoms with Gasteiger partial charge in [-0.1, -0.05) is 11.6 Å². The molecule has 2 amide bonds. The number of ether oxygens (including phenoxy) is 1. The lowest BCUT2D eigenvalue weighted by molar-refractivity contribution is 0.0950. The van der Waals surface area contributed by atoms with Crippen LogP contribution in [0.1, 0.15) is 39.3 Å². The maximum Gasteiger partial charge on any atom is 0.257 e. The number of methoxy groups -OCH3 is 1. The van der Waals surface area contributed by atoms with E-state index in [2.05, 4.69) is 15.6 Å². The molecule has 2 aromatic carbocycles. The highest BCUT2D eigenvalue weighted by Gasteiger charge is 2.24. The van der Waals surface area contributed by atoms with Crippen LogP contribution in [0.15, 0.2) is 42.5 Å². The first-order chi connectivity index (χ1) is 13.9. The van der Waals surface area contributed by atoms with Crippen LogP contribution in [0.3, 0.4) is 0 Å². The van der Waals surface area contributed by atoms with E-state index in [-0.39, 0.29) is 17.9 Å². The number of aromatic nitrogens is 1. The van der Waals surface area contributed by atoms with Gasteiger partial charge in [-0.3, -0.25) is 14.6 Å². The second-order valence-corrected chi connectivity index (χ2v) is 7.48. The van der Waals surface area contributed by atoms with E-state index in [1.165, 1.54) is 0 Å². The van der Waals surface area contributed by atoms with Crippen LogP contribution in [-0.4, -0.2) is 29.9 Å². The first kappa shape index (κ1) is 19.2. The van der Waals surface area contributed by atoms with Crippen LogP contribution in [-0.2, 0) is 0 Å². The number of carbonyl (C=O) groups is 2. The van der Waals surface area contributed by atoms with Crippen LogP contribution in [0.25, 0.3) is 10.9 Å². The summed E-state index contributed by atoms with van der Waals surface area (Å²) in [6.45, 7) is 1.78. The number of halogens is 1. The Kier molecular flexibility index (Phi) is 5.11. The highest BCUT2D eigenvalue weighted by Crippen LogP contribution is 2.25. The molecule has 0 atom stereocenters. The van der Waals surface area contributed by atoms with E-state index in [1.54, 1.807) is 38.3 Å². The normalized spacial score (nSPS) is 13.2. The highest BCUT2D eigenvalue weighted by molar-refractivity contribution is 6.34. The molecule has 1 fully saturated rings. The topological polar surface area (TPSA) is 80.3 Å². The lowest BCUT2D eigenvalue weighted by Gasteiger charge is -2.11. The zero-order valence-electron chi connectivity index (χ0n) is 16.1. The van der Waals surface area contributed by atoms with Gasteiger partial charge in [0.1, 0.15) is 5.75 Å². The Morgan fingerprint density at radius 2 is 1.86 bits per heavy atom. The number of carbonyl (C=O) groups excluding carboxylic acids is 2. The van der Waals surface area contributed by atoms with Gasteiger partial charge in [-0.05, 0) is 56.2 Å². The number of pyridine rings is 1. The third-order valence-corrected chi connectivity index (χ3v) is 5.16. The molecule has 2 N–H and O–H groups in total. The van der Waals surface area contributed by atoms with E-state index in [9.17, 15) is 9.59 Å². The summed E-state index contributed by atoms with van der Waals surface area (Å²) in [5, 5.41) is 6.86. The lowest BCUT2D eigenvalue weighted by Crippen LogP contribution is -2.25. The molecule has 1 aliphatic carbocycles. The molecular formula is C22H20ClN3O3. The first-order valence-corrected chi connectivity index (χ1v) is 9.69. The molecular weight excluding hydrogens is 390 g/mol. The van der Waals surface area contributed by atoms with Crippen molar-refractivity contribution in [3.63, 3.8) is 0 Å². The van der Waals surface area contributed by atoms with Crippen LogP contribution in [0, 0.1) is 6.92 Å². The lowest BCUT2D eigenvalue weighted by atomic mass is 10.1. The maximum absolute atomic E-state index is 12.8. The van der Waals surface area contributed by atoms with Crippen LogP contribution in [0.2, 0.25) is 5.02 Å². The Bertz CT molecular complexity index is 1130. The third kappa shape index (κ3) is 4.17. The quantitative estimate of drug-likeness (QED) is 0.656. The zero-order chi connectivity index (χ0) is 20.5. The Morgan fingerprint density at radius 3 is 2.55 bits per heavy atom. The van der Waals surface area contributed by atoms with Crippen LogP contribution < -0.4 is 15.4 Å². The molecule has 7 heteroatoms. The van der Waals surface area contributed by atoms with E-state index in [0.717, 1.165) is 23.7 Å². The third-order valence-electron chi connectivity index (χ3n) is 4.84. The standard InChI is InChI=1S/C22H20ClN3O3/c1-12-18(9-13-3-7-16(29-2)11-20(13)24-12)22(28)26-15-6-8-17(19(23)10-15)21(27)25-14-4-5-14/h3,6-11,14H,4-5H2,1-2H3,(H,25,27)(H,26,28). The number of rotatable bonds is 5. The molecule has 1 aromatic heterocycles. The minimum atomic E-state index is -0.293. The van der Waals surface area contributed by atoms with Gasteiger partial charge in [0.05, 0.1) is 34.5 Å². The molecule has 0 saturated heterocycles. The van der Waals surface area contributed by atoms with Gasteiger partial charge < -0.3 is 15.4 Å². The molecule has 1 heterocycles. The summed E-state index contributed by atoms with van der Waals surface area (Å²) < 4.78 is 5.22. The highest BCUT2D eigenvalue weighted by atomic mass is 35.5. The van der Waals surface area contributed by atoms with Gasteiger partial charge in [-0.2, -0.15) is 0 Å². The second kappa shape index (κ2) is 7.72. The number of nitrogens with one attached hydrogen (secondary N) is 2. The molecule has 6 nitrogen and oxygen atoms in total. The summed E-state index contributed by atoms with van der Waals surface area (Å²) in [6.07, 6.45) is 2.01. The summed E-state index contributed by atoms with van der Waals surface area (Å²) >= 11 is 6.26. The van der Waals surface area contributed by atoms with Gasteiger partial charge >= 0.3 is 0 Å². The van der Waals surface area contributed by atoms with E-state index in [0.29, 0.717) is 33.3 Å². The van der Waals surface area contributed by atoms with Crippen LogP contribution in [0.5, 0.6) is 5.75 Å². The molecule has 0 aliphatic heterocycles. The summed E-state index contributed by atoms with van der Waals surface area (Å²) in [7, 11) is 1.60. The van der Waals surface area contributed by atoms with Gasteiger partial charge in [0.25, 0.3) is 11.8 Å². The fraction of sp³-hybridized carbons (Fsp3) is 0.227. The molecule has 0 radical (unpaired) electrons. The van der Waals surface area contributed by atoms with Gasteiger partial charge in [-0.15, -0.1) is 0 Å². The smallest absolute Gasteiger partial charge is 0.257 e. The Morgan fingerprint density at radius 1 is 1.07 bits per heavy atom. The second-order valence-electron chi connectivity index (χ2n) is 7.08. The van der Waals surface area contributed by atoms with Gasteiger partial charge in [-0.25, -0.2) is 0 Å². The molecule has 1 aliphatic rings. The minimum Gasteiger partial charge on any atom is -0.497 e. The molecule has 3 aromatic rings. The largest absolute Gasteiger partial charge is 0.497 e. The number of benzene rings is 2. The number of fused-ring (bicyclic) bond motifs is 1. The molecule has 29 heavy (non-hydrogen) atoms. The van der Waals surface area contributed by atoms with E-state index in [4.69, 9.17) is 16.3 Å². The molecule has 0 bridgehead atoms. The Labute approximate surface area is 173 Å². The Hall–Kier alpha value is -3.12. The summed E-state index contributed by atoms with van der Waals surface area (Å²) in [5.74, 6) is 0.224. The molecule has 1 saturated carbocycles. The average Bonchev–Trinajstić information content (AvgIpc) is 3.50. The summed E-state index contributed by atoms with van der Waals surface area (Å²) in [4.78, 5) is 29.5. The molecule has 4 rings (SSSR count). The van der Waals surface area contributed by atoms with Crippen molar-refractivity contribution in [1.82, 2.24) is 10.3 Å². The van der Waals surface area contributed by atoms with Crippen molar-refractivity contribution in [2.24, 2.45) is 0 Å². The average molecular weight is 410 g/mol. The fourth-order valence-corrected chi connectivity index (χ4v) is 3.33. The van der Waals surface area contributed by atoms with Crippen molar-refractivity contribution in [2.75, 3.05) is 12.4 Å². The van der Waals surface area contributed by atoms with Gasteiger partial charge in [0.15, 0.2) is 0 Å². The Balaban J connectivity index is 1.55. The van der Waals surface area contributed by atoms with Crippen LogP contribution >= 0.6 is 11.6 Å². The molecule has 0 unspecified atom stereocenters. The number of nitrogens with zero attached hydrogens (tertiary/aromatic N) is 1. The van der Waals surface area contributed by atoms with Crippen molar-refractivity contribution in [1.29, 1.82) is 0 Å². The SMILES string of the molecule is COc1ccc2cc(C(=O)Nc3ccc(C(=O)NC4CC4)c(Cl)c3)c(C)nc2c1. The maximum atomic E-state index is 12.8. The number of anilines is 1. The number of amides is 2. The molecule has 148 valence electrons. The fourth-order valence-electron chi connectivity index (χ4n) is 3.07. The first-order valence-electron chi connectivity index (χ1n) is 9.32. The number of aryl methyl sites for hydroxylation is 1. The monoisotopic (exact) mass is 409 g/mol. The van der Waals surface area contributed by atoms with E-state index >= 15 is 0 Å². The predicted octanol–water partition coefficient (Wildman–Crippen LogP) is 4.35. The van der Waals surface area contributed by atoms with E-state index in [1.807, 2.05) is 18.2 Å². The predicted molar refractivity (Wildman–Crippen MR) is 113 cm³/mol. The minimum absolute atomic E-state index is 0.194. The van der Waals surface area contributed by atoms with Crippen LogP contribution in [0.4, 0.5) is 5.69 Å². The summed E-state index contributed by atoms with van der Waals surface area (Å²) in [6, 6.07) is 12.4.